The van der Waals surface area contributed by atoms with Crippen LogP contribution in [0.1, 0.15) is 42.4 Å². The average molecular weight is 470 g/mol. The van der Waals surface area contributed by atoms with E-state index in [2.05, 4.69) is 17.2 Å². The second-order valence-electron chi connectivity index (χ2n) is 7.62. The number of carbonyl (C=O) groups is 1. The zero-order chi connectivity index (χ0) is 22.7. The van der Waals surface area contributed by atoms with E-state index in [0.717, 1.165) is 23.3 Å². The lowest BCUT2D eigenvalue weighted by Crippen LogP contribution is -2.33. The highest BCUT2D eigenvalue weighted by molar-refractivity contribution is 7.98. The maximum atomic E-state index is 13.1. The fourth-order valence-electron chi connectivity index (χ4n) is 3.72. The molecule has 0 fully saturated rings. The third kappa shape index (κ3) is 4.69. The van der Waals surface area contributed by atoms with Gasteiger partial charge in [-0.1, -0.05) is 60.6 Å². The molecule has 0 spiro atoms. The van der Waals surface area contributed by atoms with Gasteiger partial charge in [0.2, 0.25) is 5.91 Å². The van der Waals surface area contributed by atoms with E-state index in [0.29, 0.717) is 33.9 Å². The summed E-state index contributed by atoms with van der Waals surface area (Å²) in [5, 5.41) is 4.07. The second kappa shape index (κ2) is 9.79. The van der Waals surface area contributed by atoms with Crippen molar-refractivity contribution in [2.24, 2.45) is 7.05 Å². The molecule has 0 saturated carbocycles. The molecule has 0 aliphatic carbocycles. The summed E-state index contributed by atoms with van der Waals surface area (Å²) in [7, 11) is 1.81. The Morgan fingerprint density at radius 2 is 1.94 bits per heavy atom. The SMILES string of the molecule is CCCOc1ccc([C@H]2CC(=O)Nc3c2c(=O)nc(SCc2ccccc2Cl)n3C)cc1. The van der Waals surface area contributed by atoms with Gasteiger partial charge in [0.1, 0.15) is 11.6 Å². The van der Waals surface area contributed by atoms with Gasteiger partial charge < -0.3 is 14.6 Å². The Balaban J connectivity index is 1.65. The maximum absolute atomic E-state index is 13.1. The molecule has 4 rings (SSSR count). The number of nitrogens with one attached hydrogen (secondary N) is 1. The molecule has 0 unspecified atom stereocenters. The first kappa shape index (κ1) is 22.4. The largest absolute Gasteiger partial charge is 0.494 e. The summed E-state index contributed by atoms with van der Waals surface area (Å²) in [6, 6.07) is 15.2. The Hall–Kier alpha value is -2.77. The van der Waals surface area contributed by atoms with E-state index in [1.54, 1.807) is 4.57 Å². The van der Waals surface area contributed by atoms with Crippen molar-refractivity contribution in [1.82, 2.24) is 9.55 Å². The van der Waals surface area contributed by atoms with Crippen molar-refractivity contribution in [3.63, 3.8) is 0 Å². The van der Waals surface area contributed by atoms with Crippen molar-refractivity contribution in [2.75, 3.05) is 11.9 Å². The number of carbonyl (C=O) groups excluding carboxylic acids is 1. The molecule has 8 heteroatoms. The van der Waals surface area contributed by atoms with E-state index in [1.165, 1.54) is 11.8 Å². The van der Waals surface area contributed by atoms with Crippen LogP contribution in [-0.2, 0) is 17.6 Å². The molecule has 1 aromatic heterocycles. The predicted molar refractivity (Wildman–Crippen MR) is 128 cm³/mol. The molecule has 2 heterocycles. The smallest absolute Gasteiger partial charge is 0.279 e. The zero-order valence-electron chi connectivity index (χ0n) is 17.9. The van der Waals surface area contributed by atoms with Gasteiger partial charge in [0.05, 0.1) is 12.2 Å². The van der Waals surface area contributed by atoms with Crippen LogP contribution >= 0.6 is 23.4 Å². The van der Waals surface area contributed by atoms with Gasteiger partial charge in [-0.3, -0.25) is 9.59 Å². The minimum atomic E-state index is -0.354. The van der Waals surface area contributed by atoms with Crippen molar-refractivity contribution in [1.29, 1.82) is 0 Å². The molecule has 1 atom stereocenters. The van der Waals surface area contributed by atoms with E-state index < -0.39 is 0 Å². The summed E-state index contributed by atoms with van der Waals surface area (Å²) >= 11 is 7.66. The molecule has 1 aliphatic rings. The first-order valence-electron chi connectivity index (χ1n) is 10.5. The normalized spacial score (nSPS) is 15.2. The van der Waals surface area contributed by atoms with E-state index in [1.807, 2.05) is 55.6 Å². The van der Waals surface area contributed by atoms with Crippen molar-refractivity contribution >= 4 is 35.1 Å². The zero-order valence-corrected chi connectivity index (χ0v) is 19.5. The maximum Gasteiger partial charge on any atom is 0.279 e. The molecule has 166 valence electrons. The van der Waals surface area contributed by atoms with Crippen LogP contribution < -0.4 is 15.6 Å². The highest BCUT2D eigenvalue weighted by atomic mass is 35.5. The highest BCUT2D eigenvalue weighted by Gasteiger charge is 2.32. The predicted octanol–water partition coefficient (Wildman–Crippen LogP) is 4.99. The summed E-state index contributed by atoms with van der Waals surface area (Å²) in [4.78, 5) is 29.9. The molecule has 2 aromatic carbocycles. The fraction of sp³-hybridized carbons (Fsp3) is 0.292. The fourth-order valence-corrected chi connectivity index (χ4v) is 4.97. The van der Waals surface area contributed by atoms with Gasteiger partial charge in [0.15, 0.2) is 5.16 Å². The number of halogens is 1. The molecule has 1 N–H and O–H groups in total. The van der Waals surface area contributed by atoms with Gasteiger partial charge in [0.25, 0.3) is 5.56 Å². The number of aromatic nitrogens is 2. The lowest BCUT2D eigenvalue weighted by molar-refractivity contribution is -0.116. The van der Waals surface area contributed by atoms with E-state index >= 15 is 0 Å². The van der Waals surface area contributed by atoms with Crippen molar-refractivity contribution < 1.29 is 9.53 Å². The molecular weight excluding hydrogens is 446 g/mol. The molecule has 3 aromatic rings. The third-order valence-corrected chi connectivity index (χ3v) is 6.82. The first-order chi connectivity index (χ1) is 15.5. The molecular formula is C24H24ClN3O3S. The van der Waals surface area contributed by atoms with E-state index in [4.69, 9.17) is 16.3 Å². The third-order valence-electron chi connectivity index (χ3n) is 5.37. The molecule has 1 amide bonds. The number of ether oxygens (including phenoxy) is 1. The topological polar surface area (TPSA) is 73.2 Å². The monoisotopic (exact) mass is 469 g/mol. The lowest BCUT2D eigenvalue weighted by atomic mass is 9.87. The summed E-state index contributed by atoms with van der Waals surface area (Å²) in [6.45, 7) is 2.70. The Morgan fingerprint density at radius 1 is 1.19 bits per heavy atom. The summed E-state index contributed by atoms with van der Waals surface area (Å²) in [5.74, 6) is 1.35. The van der Waals surface area contributed by atoms with E-state index in [9.17, 15) is 9.59 Å². The molecule has 0 saturated heterocycles. The number of nitrogens with zero attached hydrogens (tertiary/aromatic N) is 2. The minimum absolute atomic E-state index is 0.128. The number of fused-ring (bicyclic) bond motifs is 1. The van der Waals surface area contributed by atoms with Crippen molar-refractivity contribution in [3.8, 4) is 5.75 Å². The van der Waals surface area contributed by atoms with Crippen LogP contribution in [0.5, 0.6) is 5.75 Å². The molecule has 6 nitrogen and oxygen atoms in total. The van der Waals surface area contributed by atoms with Crippen LogP contribution in [0.2, 0.25) is 5.02 Å². The molecule has 0 bridgehead atoms. The number of hydrogen-bond acceptors (Lipinski definition) is 5. The second-order valence-corrected chi connectivity index (χ2v) is 8.97. The van der Waals surface area contributed by atoms with Crippen LogP contribution in [0.15, 0.2) is 58.5 Å². The van der Waals surface area contributed by atoms with Gasteiger partial charge in [-0.2, -0.15) is 4.98 Å². The van der Waals surface area contributed by atoms with Gasteiger partial charge in [-0.15, -0.1) is 0 Å². The Kier molecular flexibility index (Phi) is 6.86. The van der Waals surface area contributed by atoms with Crippen molar-refractivity contribution in [2.45, 2.75) is 36.6 Å². The number of thioether (sulfide) groups is 1. The standard InChI is InChI=1S/C24H24ClN3O3S/c1-3-12-31-17-10-8-15(9-11-17)18-13-20(29)26-22-21(18)23(30)27-24(28(22)2)32-14-16-6-4-5-7-19(16)25/h4-11,18H,3,12-14H2,1-2H3,(H,26,29)/t18-/m1/s1. The quantitative estimate of drug-likeness (QED) is 0.390. The number of hydrogen-bond donors (Lipinski definition) is 1. The highest BCUT2D eigenvalue weighted by Crippen LogP contribution is 2.37. The number of amides is 1. The first-order valence-corrected chi connectivity index (χ1v) is 11.8. The molecule has 1 aliphatic heterocycles. The number of rotatable bonds is 7. The molecule has 0 radical (unpaired) electrons. The van der Waals surface area contributed by atoms with Crippen LogP contribution in [0.3, 0.4) is 0 Å². The van der Waals surface area contributed by atoms with Gasteiger partial charge in [-0.05, 0) is 35.7 Å². The van der Waals surface area contributed by atoms with Crippen molar-refractivity contribution in [3.05, 3.63) is 80.6 Å². The van der Waals surface area contributed by atoms with Crippen LogP contribution in [-0.4, -0.2) is 22.1 Å². The van der Waals surface area contributed by atoms with Gasteiger partial charge >= 0.3 is 0 Å². The average Bonchev–Trinajstić information content (AvgIpc) is 2.79. The minimum Gasteiger partial charge on any atom is -0.494 e. The van der Waals surface area contributed by atoms with Gasteiger partial charge in [0, 0.05) is 30.2 Å². The summed E-state index contributed by atoms with van der Waals surface area (Å²) in [6.07, 6.45) is 1.13. The Labute approximate surface area is 196 Å². The number of anilines is 1. The Bertz CT molecular complexity index is 1190. The summed E-state index contributed by atoms with van der Waals surface area (Å²) in [5.41, 5.74) is 2.03. The number of benzene rings is 2. The molecule has 32 heavy (non-hydrogen) atoms. The van der Waals surface area contributed by atoms with E-state index in [-0.39, 0.29) is 23.8 Å². The Morgan fingerprint density at radius 3 is 2.66 bits per heavy atom. The summed E-state index contributed by atoms with van der Waals surface area (Å²) < 4.78 is 7.43. The van der Waals surface area contributed by atoms with Crippen LogP contribution in [0.25, 0.3) is 0 Å². The van der Waals surface area contributed by atoms with Crippen LogP contribution in [0.4, 0.5) is 5.82 Å². The van der Waals surface area contributed by atoms with Gasteiger partial charge in [-0.25, -0.2) is 0 Å². The van der Waals surface area contributed by atoms with Crippen LogP contribution in [0, 0.1) is 0 Å². The lowest BCUT2D eigenvalue weighted by Gasteiger charge is -2.27.